The molecule has 2 N–H and O–H groups in total. The second-order valence-corrected chi connectivity index (χ2v) is 6.92. The van der Waals surface area contributed by atoms with Crippen molar-refractivity contribution in [2.45, 2.75) is 103 Å². The van der Waals surface area contributed by atoms with Crippen molar-refractivity contribution in [1.82, 2.24) is 0 Å². The molecule has 0 amide bonds. The molecule has 0 spiro atoms. The molecule has 0 radical (unpaired) electrons. The molecule has 1 rings (SSSR count). The van der Waals surface area contributed by atoms with Crippen molar-refractivity contribution in [1.29, 1.82) is 0 Å². The van der Waals surface area contributed by atoms with E-state index >= 15 is 0 Å². The summed E-state index contributed by atoms with van der Waals surface area (Å²) in [6, 6.07) is 6.03. The van der Waals surface area contributed by atoms with E-state index in [0.717, 1.165) is 12.4 Å². The van der Waals surface area contributed by atoms with Crippen LogP contribution in [0.4, 0.5) is 5.82 Å². The van der Waals surface area contributed by atoms with Crippen LogP contribution in [0.1, 0.15) is 96.8 Å². The Labute approximate surface area is 144 Å². The number of pyridine rings is 1. The van der Waals surface area contributed by atoms with Crippen LogP contribution in [0, 0.1) is 0 Å². The third kappa shape index (κ3) is 11.2. The number of nitrogen functional groups attached to an aromatic ring is 1. The number of unbranched alkanes of at least 4 members (excludes halogenated alkanes) is 13. The molecule has 0 atom stereocenters. The van der Waals surface area contributed by atoms with Crippen LogP contribution in [0.5, 0.6) is 0 Å². The maximum atomic E-state index is 5.94. The van der Waals surface area contributed by atoms with Crippen LogP contribution in [0.2, 0.25) is 0 Å². The molecule has 0 saturated carbocycles. The number of anilines is 1. The fraction of sp³-hybridized carbons (Fsp3) is 0.762. The predicted octanol–water partition coefficient (Wildman–Crippen LogP) is 6.04. The number of rotatable bonds is 15. The molecule has 2 nitrogen and oxygen atoms in total. The minimum Gasteiger partial charge on any atom is -0.287 e. The van der Waals surface area contributed by atoms with E-state index in [4.69, 9.17) is 5.73 Å². The SMILES string of the molecule is CCCCCCCCCCCCCCCC[n+]1ccccc1N. The first-order valence-corrected chi connectivity index (χ1v) is 10.1. The number of nitrogens with two attached hydrogens (primary N) is 1. The van der Waals surface area contributed by atoms with Gasteiger partial charge < -0.3 is 0 Å². The summed E-state index contributed by atoms with van der Waals surface area (Å²) < 4.78 is 2.15. The first kappa shape index (κ1) is 20.0. The summed E-state index contributed by atoms with van der Waals surface area (Å²) in [7, 11) is 0. The van der Waals surface area contributed by atoms with Gasteiger partial charge in [0.05, 0.1) is 12.7 Å². The average molecular weight is 320 g/mol. The van der Waals surface area contributed by atoms with Crippen molar-refractivity contribution in [3.63, 3.8) is 0 Å². The highest BCUT2D eigenvalue weighted by molar-refractivity contribution is 5.18. The van der Waals surface area contributed by atoms with Gasteiger partial charge in [0.2, 0.25) is 0 Å². The number of aromatic nitrogens is 1. The summed E-state index contributed by atoms with van der Waals surface area (Å²) in [6.45, 7) is 3.35. The van der Waals surface area contributed by atoms with Gasteiger partial charge in [-0.15, -0.1) is 0 Å². The van der Waals surface area contributed by atoms with E-state index < -0.39 is 0 Å². The first-order valence-electron chi connectivity index (χ1n) is 10.1. The van der Waals surface area contributed by atoms with Gasteiger partial charge in [0, 0.05) is 6.07 Å². The Morgan fingerprint density at radius 3 is 1.65 bits per heavy atom. The number of hydrogen-bond donors (Lipinski definition) is 1. The fourth-order valence-corrected chi connectivity index (χ4v) is 3.17. The molecule has 0 aliphatic carbocycles. The lowest BCUT2D eigenvalue weighted by atomic mass is 10.0. The topological polar surface area (TPSA) is 29.9 Å². The summed E-state index contributed by atoms with van der Waals surface area (Å²) in [4.78, 5) is 0. The van der Waals surface area contributed by atoms with E-state index in [-0.39, 0.29) is 0 Å². The first-order chi connectivity index (χ1) is 11.3. The van der Waals surface area contributed by atoms with Crippen molar-refractivity contribution in [2.24, 2.45) is 0 Å². The van der Waals surface area contributed by atoms with Crippen molar-refractivity contribution in [3.05, 3.63) is 24.4 Å². The minimum atomic E-state index is 0.877. The number of hydrogen-bond acceptors (Lipinski definition) is 1. The number of aryl methyl sites for hydroxylation is 1. The minimum absolute atomic E-state index is 0.877. The zero-order valence-corrected chi connectivity index (χ0v) is 15.4. The van der Waals surface area contributed by atoms with Gasteiger partial charge in [-0.3, -0.25) is 5.73 Å². The van der Waals surface area contributed by atoms with Gasteiger partial charge in [-0.05, 0) is 18.9 Å². The summed E-state index contributed by atoms with van der Waals surface area (Å²) in [5.74, 6) is 0.877. The van der Waals surface area contributed by atoms with Gasteiger partial charge in [0.1, 0.15) is 0 Å². The van der Waals surface area contributed by atoms with E-state index in [0.29, 0.717) is 0 Å². The Kier molecular flexibility index (Phi) is 12.6. The van der Waals surface area contributed by atoms with Gasteiger partial charge >= 0.3 is 0 Å². The Hall–Kier alpha value is -1.05. The Bertz CT molecular complexity index is 376. The van der Waals surface area contributed by atoms with Crippen LogP contribution in [0.3, 0.4) is 0 Å². The lowest BCUT2D eigenvalue weighted by molar-refractivity contribution is -0.683. The van der Waals surface area contributed by atoms with Gasteiger partial charge in [-0.1, -0.05) is 90.0 Å². The third-order valence-corrected chi connectivity index (χ3v) is 4.73. The molecule has 0 fully saturated rings. The summed E-state index contributed by atoms with van der Waals surface area (Å²) in [6.07, 6.45) is 21.8. The largest absolute Gasteiger partial charge is 0.287 e. The summed E-state index contributed by atoms with van der Waals surface area (Å²) >= 11 is 0. The lowest BCUT2D eigenvalue weighted by Gasteiger charge is -2.04. The quantitative estimate of drug-likeness (QED) is 0.310. The molecule has 132 valence electrons. The molecule has 23 heavy (non-hydrogen) atoms. The van der Waals surface area contributed by atoms with Crippen LogP contribution < -0.4 is 10.3 Å². The van der Waals surface area contributed by atoms with E-state index in [1.807, 2.05) is 12.1 Å². The summed E-state index contributed by atoms with van der Waals surface area (Å²) in [5.41, 5.74) is 5.94. The van der Waals surface area contributed by atoms with Gasteiger partial charge in [0.25, 0.3) is 5.82 Å². The molecule has 1 heterocycles. The maximum absolute atomic E-state index is 5.94. The van der Waals surface area contributed by atoms with E-state index in [1.165, 1.54) is 89.9 Å². The smallest absolute Gasteiger partial charge is 0.272 e. The monoisotopic (exact) mass is 319 g/mol. The van der Waals surface area contributed by atoms with Crippen LogP contribution in [0.15, 0.2) is 24.4 Å². The van der Waals surface area contributed by atoms with Crippen LogP contribution in [0.25, 0.3) is 0 Å². The highest BCUT2D eigenvalue weighted by Crippen LogP contribution is 2.12. The van der Waals surface area contributed by atoms with Crippen molar-refractivity contribution >= 4 is 5.82 Å². The fourth-order valence-electron chi connectivity index (χ4n) is 3.17. The second-order valence-electron chi connectivity index (χ2n) is 6.92. The molecular formula is C21H39N2+. The standard InChI is InChI=1S/C21H38N2/c1-2-3-4-5-6-7-8-9-10-11-12-13-14-16-19-23-20-17-15-18-21(23)22/h15,17-18,20,22H,2-14,16,19H2,1H3/p+1. The molecule has 1 aromatic heterocycles. The van der Waals surface area contributed by atoms with Gasteiger partial charge in [-0.25, -0.2) is 4.57 Å². The number of nitrogens with zero attached hydrogens (tertiary/aromatic N) is 1. The second kappa shape index (κ2) is 14.5. The maximum Gasteiger partial charge on any atom is 0.272 e. The molecule has 0 aromatic carbocycles. The van der Waals surface area contributed by atoms with Gasteiger partial charge in [0.15, 0.2) is 0 Å². The van der Waals surface area contributed by atoms with E-state index in [9.17, 15) is 0 Å². The zero-order chi connectivity index (χ0) is 16.6. The highest BCUT2D eigenvalue weighted by Gasteiger charge is 2.01. The molecule has 0 saturated heterocycles. The molecule has 0 bridgehead atoms. The third-order valence-electron chi connectivity index (χ3n) is 4.73. The molecule has 2 heteroatoms. The van der Waals surface area contributed by atoms with Gasteiger partial charge in [-0.2, -0.15) is 0 Å². The lowest BCUT2D eigenvalue weighted by Crippen LogP contribution is -2.36. The zero-order valence-electron chi connectivity index (χ0n) is 15.4. The van der Waals surface area contributed by atoms with Crippen molar-refractivity contribution in [3.8, 4) is 0 Å². The summed E-state index contributed by atoms with van der Waals surface area (Å²) in [5, 5.41) is 0. The molecule has 0 unspecified atom stereocenters. The van der Waals surface area contributed by atoms with E-state index in [2.05, 4.69) is 23.8 Å². The Morgan fingerprint density at radius 2 is 1.17 bits per heavy atom. The Balaban J connectivity index is 1.79. The normalized spacial score (nSPS) is 11.0. The van der Waals surface area contributed by atoms with Crippen molar-refractivity contribution < 1.29 is 4.57 Å². The molecule has 0 aliphatic heterocycles. The average Bonchev–Trinajstić information content (AvgIpc) is 2.57. The highest BCUT2D eigenvalue weighted by atomic mass is 15.0. The molecule has 1 aromatic rings. The van der Waals surface area contributed by atoms with Crippen molar-refractivity contribution in [2.75, 3.05) is 5.73 Å². The molecular weight excluding hydrogens is 280 g/mol. The predicted molar refractivity (Wildman–Crippen MR) is 101 cm³/mol. The van der Waals surface area contributed by atoms with Crippen LogP contribution in [-0.4, -0.2) is 0 Å². The van der Waals surface area contributed by atoms with E-state index in [1.54, 1.807) is 0 Å². The van der Waals surface area contributed by atoms with Crippen LogP contribution >= 0.6 is 0 Å². The molecule has 0 aliphatic rings. The Morgan fingerprint density at radius 1 is 0.696 bits per heavy atom. The van der Waals surface area contributed by atoms with Crippen LogP contribution in [-0.2, 0) is 6.54 Å².